The number of rotatable bonds is 5. The molecule has 2 aromatic rings. The van der Waals surface area contributed by atoms with Gasteiger partial charge >= 0.3 is 0 Å². The van der Waals surface area contributed by atoms with Crippen molar-refractivity contribution in [3.8, 4) is 11.5 Å². The van der Waals surface area contributed by atoms with Gasteiger partial charge in [-0.2, -0.15) is 0 Å². The number of carbonyl (C=O) groups is 1. The minimum Gasteiger partial charge on any atom is -0.448 e. The second kappa shape index (κ2) is 9.14. The Balaban J connectivity index is 1.50. The van der Waals surface area contributed by atoms with Gasteiger partial charge in [-0.3, -0.25) is 9.59 Å². The monoisotopic (exact) mass is 517 g/mol. The number of aromatic nitrogens is 1. The molecule has 0 spiro atoms. The van der Waals surface area contributed by atoms with Crippen LogP contribution in [-0.4, -0.2) is 22.7 Å². The van der Waals surface area contributed by atoms with Crippen molar-refractivity contribution in [2.45, 2.75) is 78.2 Å². The fraction of sp³-hybridized carbons (Fsp3) is 0.520. The van der Waals surface area contributed by atoms with Gasteiger partial charge in [-0.25, -0.2) is 0 Å². The van der Waals surface area contributed by atoms with Crippen LogP contribution in [0, 0.1) is 26.7 Å². The molecule has 7 nitrogen and oxygen atoms in total. The summed E-state index contributed by atoms with van der Waals surface area (Å²) < 4.78 is 13.3. The lowest BCUT2D eigenvalue weighted by Crippen LogP contribution is -2.39. The first-order valence-electron chi connectivity index (χ1n) is 11.5. The van der Waals surface area contributed by atoms with Gasteiger partial charge in [0.25, 0.3) is 11.5 Å². The van der Waals surface area contributed by atoms with E-state index < -0.39 is 5.79 Å². The van der Waals surface area contributed by atoms with Crippen molar-refractivity contribution >= 4 is 21.8 Å². The van der Waals surface area contributed by atoms with Gasteiger partial charge in [0, 0.05) is 48.3 Å². The summed E-state index contributed by atoms with van der Waals surface area (Å²) in [6.07, 6.45) is 4.99. The minimum atomic E-state index is -0.775. The largest absolute Gasteiger partial charge is 0.448 e. The number of halogens is 1. The van der Waals surface area contributed by atoms with Gasteiger partial charge in [-0.15, -0.1) is 0 Å². The minimum absolute atomic E-state index is 0.146. The smallest absolute Gasteiger partial charge is 0.253 e. The molecule has 0 radical (unpaired) electrons. The SMILES string of the molecule is Cc1cc(C)c(CNC(=O)c2cc(Br)c3c(c2C)OC(C)(C[C@H]2CC[C@@H](N)CC2)O3)c(=O)[nH]1. The lowest BCUT2D eigenvalue weighted by molar-refractivity contribution is -0.0833. The van der Waals surface area contributed by atoms with Crippen LogP contribution in [0.15, 0.2) is 21.4 Å². The van der Waals surface area contributed by atoms with Crippen LogP contribution in [0.4, 0.5) is 0 Å². The first-order chi connectivity index (χ1) is 15.6. The Morgan fingerprint density at radius 3 is 2.52 bits per heavy atom. The van der Waals surface area contributed by atoms with Gasteiger partial charge in [-0.1, -0.05) is 0 Å². The lowest BCUT2D eigenvalue weighted by atomic mass is 9.82. The van der Waals surface area contributed by atoms with Crippen molar-refractivity contribution < 1.29 is 14.3 Å². The Morgan fingerprint density at radius 1 is 1.18 bits per heavy atom. The summed E-state index contributed by atoms with van der Waals surface area (Å²) in [6, 6.07) is 3.95. The molecule has 2 heterocycles. The number of fused-ring (bicyclic) bond motifs is 1. The molecule has 1 saturated carbocycles. The predicted molar refractivity (Wildman–Crippen MR) is 131 cm³/mol. The third kappa shape index (κ3) is 4.96. The molecule has 2 aliphatic rings. The van der Waals surface area contributed by atoms with Gasteiger partial charge in [0.15, 0.2) is 11.5 Å². The number of hydrogen-bond acceptors (Lipinski definition) is 5. The number of pyridine rings is 1. The Kier molecular flexibility index (Phi) is 6.60. The molecule has 1 unspecified atom stereocenters. The van der Waals surface area contributed by atoms with Crippen LogP contribution in [-0.2, 0) is 6.54 Å². The second-order valence-corrected chi connectivity index (χ2v) is 10.5. The highest BCUT2D eigenvalue weighted by Crippen LogP contribution is 2.50. The van der Waals surface area contributed by atoms with Gasteiger partial charge < -0.3 is 25.5 Å². The number of aromatic amines is 1. The second-order valence-electron chi connectivity index (χ2n) is 9.64. The Hall–Kier alpha value is -2.32. The quantitative estimate of drug-likeness (QED) is 0.545. The third-order valence-electron chi connectivity index (χ3n) is 6.79. The van der Waals surface area contributed by atoms with Gasteiger partial charge in [-0.05, 0) is 86.0 Å². The molecular weight excluding hydrogens is 486 g/mol. The molecule has 0 saturated heterocycles. The van der Waals surface area contributed by atoms with E-state index in [2.05, 4.69) is 26.2 Å². The number of ether oxygens (including phenoxy) is 2. The molecule has 1 fully saturated rings. The molecule has 1 aliphatic heterocycles. The van der Waals surface area contributed by atoms with Crippen LogP contribution in [0.5, 0.6) is 11.5 Å². The average molecular weight is 518 g/mol. The van der Waals surface area contributed by atoms with Crippen molar-refractivity contribution in [1.29, 1.82) is 0 Å². The van der Waals surface area contributed by atoms with Crippen molar-refractivity contribution in [3.05, 3.63) is 54.9 Å². The zero-order valence-electron chi connectivity index (χ0n) is 19.6. The Labute approximate surface area is 202 Å². The number of nitrogens with one attached hydrogen (secondary N) is 2. The average Bonchev–Trinajstić information content (AvgIpc) is 3.09. The zero-order valence-corrected chi connectivity index (χ0v) is 21.2. The maximum absolute atomic E-state index is 13.0. The molecule has 8 heteroatoms. The van der Waals surface area contributed by atoms with Gasteiger partial charge in [0.2, 0.25) is 5.79 Å². The summed E-state index contributed by atoms with van der Waals surface area (Å²) >= 11 is 3.56. The molecule has 1 aliphatic carbocycles. The van der Waals surface area contributed by atoms with E-state index in [4.69, 9.17) is 15.2 Å². The first-order valence-corrected chi connectivity index (χ1v) is 12.3. The molecule has 178 valence electrons. The van der Waals surface area contributed by atoms with E-state index in [9.17, 15) is 9.59 Å². The highest BCUT2D eigenvalue weighted by atomic mass is 79.9. The Bertz CT molecular complexity index is 1140. The molecule has 4 N–H and O–H groups in total. The van der Waals surface area contributed by atoms with Gasteiger partial charge in [0.05, 0.1) is 4.47 Å². The number of hydrogen-bond donors (Lipinski definition) is 3. The molecule has 0 bridgehead atoms. The summed E-state index contributed by atoms with van der Waals surface area (Å²) in [5.74, 6) is 0.678. The van der Waals surface area contributed by atoms with Crippen molar-refractivity contribution in [3.63, 3.8) is 0 Å². The lowest BCUT2D eigenvalue weighted by Gasteiger charge is -2.32. The normalized spacial score (nSPS) is 24.1. The number of benzene rings is 1. The zero-order chi connectivity index (χ0) is 23.9. The van der Waals surface area contributed by atoms with E-state index in [-0.39, 0.29) is 18.0 Å². The maximum Gasteiger partial charge on any atom is 0.253 e. The fourth-order valence-corrected chi connectivity index (χ4v) is 5.46. The van der Waals surface area contributed by atoms with E-state index in [1.165, 1.54) is 0 Å². The molecular formula is C25H32BrN3O4. The summed E-state index contributed by atoms with van der Waals surface area (Å²) in [6.45, 7) is 7.67. The fourth-order valence-electron chi connectivity index (χ4n) is 4.97. The summed E-state index contributed by atoms with van der Waals surface area (Å²) in [7, 11) is 0. The maximum atomic E-state index is 13.0. The first kappa shape index (κ1) is 23.8. The van der Waals surface area contributed by atoms with E-state index in [1.807, 2.05) is 33.8 Å². The van der Waals surface area contributed by atoms with Crippen LogP contribution < -0.4 is 26.1 Å². The third-order valence-corrected chi connectivity index (χ3v) is 7.38. The number of carbonyl (C=O) groups excluding carboxylic acids is 1. The summed E-state index contributed by atoms with van der Waals surface area (Å²) in [5.41, 5.74) is 9.26. The molecule has 33 heavy (non-hydrogen) atoms. The van der Waals surface area contributed by atoms with Crippen LogP contribution in [0.1, 0.15) is 71.8 Å². The predicted octanol–water partition coefficient (Wildman–Crippen LogP) is 4.39. The molecule has 1 atom stereocenters. The van der Waals surface area contributed by atoms with Crippen LogP contribution >= 0.6 is 15.9 Å². The number of aryl methyl sites for hydroxylation is 2. The van der Waals surface area contributed by atoms with E-state index in [0.717, 1.165) is 48.9 Å². The molecule has 4 rings (SSSR count). The van der Waals surface area contributed by atoms with Crippen molar-refractivity contribution in [1.82, 2.24) is 10.3 Å². The molecule has 1 amide bonds. The summed E-state index contributed by atoms with van der Waals surface area (Å²) in [4.78, 5) is 28.1. The van der Waals surface area contributed by atoms with Crippen LogP contribution in [0.25, 0.3) is 0 Å². The van der Waals surface area contributed by atoms with Crippen molar-refractivity contribution in [2.24, 2.45) is 11.7 Å². The Morgan fingerprint density at radius 2 is 1.85 bits per heavy atom. The van der Waals surface area contributed by atoms with E-state index in [0.29, 0.717) is 39.1 Å². The number of nitrogens with two attached hydrogens (primary N) is 1. The standard InChI is InChI=1S/C25H32BrN3O4/c1-13-9-14(2)29-24(31)19(13)12-28-23(30)18-10-20(26)22-21(15(18)3)32-25(4,33-22)11-16-5-7-17(27)8-6-16/h9-10,16-17H,5-8,11-12,27H2,1-4H3,(H,28,30)(H,29,31)/t16-,17+,25?. The van der Waals surface area contributed by atoms with Crippen molar-refractivity contribution in [2.75, 3.05) is 0 Å². The highest BCUT2D eigenvalue weighted by molar-refractivity contribution is 9.10. The number of amides is 1. The molecule has 1 aromatic heterocycles. The van der Waals surface area contributed by atoms with Gasteiger partial charge in [0.1, 0.15) is 0 Å². The molecule has 1 aromatic carbocycles. The highest BCUT2D eigenvalue weighted by Gasteiger charge is 2.42. The van der Waals surface area contributed by atoms with E-state index in [1.54, 1.807) is 6.07 Å². The van der Waals surface area contributed by atoms with Crippen LogP contribution in [0.2, 0.25) is 0 Å². The topological polar surface area (TPSA) is 106 Å². The van der Waals surface area contributed by atoms with Crippen LogP contribution in [0.3, 0.4) is 0 Å². The van der Waals surface area contributed by atoms with E-state index >= 15 is 0 Å². The summed E-state index contributed by atoms with van der Waals surface area (Å²) in [5, 5.41) is 2.88. The number of H-pyrrole nitrogens is 1.